The van der Waals surface area contributed by atoms with E-state index in [1.165, 1.54) is 17.5 Å². The highest BCUT2D eigenvalue weighted by Gasteiger charge is 2.67. The maximum Gasteiger partial charge on any atom is 0.169 e. The van der Waals surface area contributed by atoms with Gasteiger partial charge in [-0.05, 0) is 36.1 Å². The molecule has 4 aliphatic rings. The van der Waals surface area contributed by atoms with Crippen molar-refractivity contribution in [2.75, 3.05) is 39.7 Å². The Kier molecular flexibility index (Phi) is 6.20. The van der Waals surface area contributed by atoms with Crippen molar-refractivity contribution in [2.45, 2.75) is 57.2 Å². The molecule has 2 aliphatic carbocycles. The average Bonchev–Trinajstić information content (AvgIpc) is 3.26. The van der Waals surface area contributed by atoms with Crippen LogP contribution in [0.15, 0.2) is 18.2 Å². The predicted molar refractivity (Wildman–Crippen MR) is 120 cm³/mol. The Morgan fingerprint density at radius 2 is 1.88 bits per heavy atom. The van der Waals surface area contributed by atoms with E-state index < -0.39 is 10.1 Å². The highest BCUT2D eigenvalue weighted by Crippen LogP contribution is 2.64. The molecule has 1 saturated heterocycles. The number of ether oxygens (including phenoxy) is 3. The van der Waals surface area contributed by atoms with Crippen molar-refractivity contribution in [3.63, 3.8) is 0 Å². The maximum atomic E-state index is 9.08. The zero-order valence-electron chi connectivity index (χ0n) is 19.6. The standard InChI is InChI=1S/C23H32NO3.CH4O3S/c1-17(2)14-24-9-8-22-15-23(26-10-11-27-23)7-6-21(22,16-24)13-18-4-5-19(25-3)12-20(18)22;1-5(2,3)4/h4-5,12,16-17H,6-11,13-15H2,1-3H3;1H3,(H,2,3,4)/q+1;/p-1. The third-order valence-electron chi connectivity index (χ3n) is 7.48. The van der Waals surface area contributed by atoms with Gasteiger partial charge in [-0.15, -0.1) is 0 Å². The second kappa shape index (κ2) is 8.38. The number of fused-ring (bicyclic) bond motifs is 1. The minimum absolute atomic E-state index is 0.104. The molecule has 0 amide bonds. The van der Waals surface area contributed by atoms with Crippen LogP contribution in [0.3, 0.4) is 0 Å². The number of rotatable bonds is 3. The molecule has 8 heteroatoms. The molecule has 0 radical (unpaired) electrons. The summed E-state index contributed by atoms with van der Waals surface area (Å²) in [5.74, 6) is 1.28. The van der Waals surface area contributed by atoms with Gasteiger partial charge >= 0.3 is 0 Å². The second-order valence-corrected chi connectivity index (χ2v) is 11.6. The molecule has 2 atom stereocenters. The number of methoxy groups -OCH3 is 1. The van der Waals surface area contributed by atoms with Crippen LogP contribution in [0.1, 0.15) is 50.7 Å². The highest BCUT2D eigenvalue weighted by molar-refractivity contribution is 7.84. The molecule has 2 unspecified atom stereocenters. The summed E-state index contributed by atoms with van der Waals surface area (Å²) in [4.78, 5) is 0. The van der Waals surface area contributed by atoms with Crippen LogP contribution >= 0.6 is 0 Å². The van der Waals surface area contributed by atoms with Gasteiger partial charge in [0, 0.05) is 36.9 Å². The molecule has 2 fully saturated rings. The predicted octanol–water partition coefficient (Wildman–Crippen LogP) is 2.71. The minimum Gasteiger partial charge on any atom is -0.748 e. The van der Waals surface area contributed by atoms with Crippen molar-refractivity contribution in [3.05, 3.63) is 29.3 Å². The highest BCUT2D eigenvalue weighted by atomic mass is 32.2. The third kappa shape index (κ3) is 4.34. The molecule has 2 aliphatic heterocycles. The van der Waals surface area contributed by atoms with Crippen molar-refractivity contribution in [1.29, 1.82) is 0 Å². The van der Waals surface area contributed by atoms with Gasteiger partial charge in [-0.25, -0.2) is 13.0 Å². The Balaban J connectivity index is 0.000000444. The van der Waals surface area contributed by atoms with Crippen LogP contribution in [-0.4, -0.2) is 69.2 Å². The first-order chi connectivity index (χ1) is 15.0. The molecule has 1 aromatic carbocycles. The van der Waals surface area contributed by atoms with Crippen LogP contribution in [0.5, 0.6) is 5.75 Å². The Hall–Kier alpha value is -1.48. The molecule has 1 saturated carbocycles. The second-order valence-electron chi connectivity index (χ2n) is 10.2. The molecular weight excluding hydrogens is 430 g/mol. The van der Waals surface area contributed by atoms with E-state index in [9.17, 15) is 0 Å². The van der Waals surface area contributed by atoms with E-state index in [4.69, 9.17) is 27.2 Å². The molecule has 32 heavy (non-hydrogen) atoms. The summed E-state index contributed by atoms with van der Waals surface area (Å²) in [6.07, 6.45) is 8.65. The smallest absolute Gasteiger partial charge is 0.169 e. The van der Waals surface area contributed by atoms with Gasteiger partial charge in [-0.2, -0.15) is 0 Å². The van der Waals surface area contributed by atoms with Crippen molar-refractivity contribution >= 4 is 16.3 Å². The summed E-state index contributed by atoms with van der Waals surface area (Å²) in [6, 6.07) is 6.72. The number of hydrogen-bond donors (Lipinski definition) is 0. The fourth-order valence-electron chi connectivity index (χ4n) is 6.43. The Labute approximate surface area is 191 Å². The largest absolute Gasteiger partial charge is 0.748 e. The van der Waals surface area contributed by atoms with Gasteiger partial charge in [-0.1, -0.05) is 19.9 Å². The summed E-state index contributed by atoms with van der Waals surface area (Å²) in [5, 5.41) is 0. The van der Waals surface area contributed by atoms with Crippen molar-refractivity contribution < 1.29 is 31.8 Å². The van der Waals surface area contributed by atoms with Crippen LogP contribution in [0.4, 0.5) is 0 Å². The summed E-state index contributed by atoms with van der Waals surface area (Å²) in [5.41, 5.74) is 3.27. The lowest BCUT2D eigenvalue weighted by molar-refractivity contribution is -0.542. The first-order valence-electron chi connectivity index (χ1n) is 11.5. The quantitative estimate of drug-likeness (QED) is 0.504. The van der Waals surface area contributed by atoms with E-state index in [1.807, 2.05) is 0 Å². The number of hydrogen-bond acceptors (Lipinski definition) is 6. The molecule has 7 nitrogen and oxygen atoms in total. The first kappa shape index (κ1) is 23.7. The lowest BCUT2D eigenvalue weighted by Gasteiger charge is -2.53. The summed E-state index contributed by atoms with van der Waals surface area (Å²) in [7, 11) is -2.15. The maximum absolute atomic E-state index is 9.08. The van der Waals surface area contributed by atoms with Crippen molar-refractivity contribution in [3.8, 4) is 5.75 Å². The molecule has 2 heterocycles. The van der Waals surface area contributed by atoms with E-state index in [0.717, 1.165) is 57.7 Å². The molecule has 1 aromatic rings. The lowest BCUT2D eigenvalue weighted by Crippen LogP contribution is -2.59. The first-order valence-corrected chi connectivity index (χ1v) is 13.3. The zero-order valence-corrected chi connectivity index (χ0v) is 20.4. The van der Waals surface area contributed by atoms with Gasteiger partial charge in [-0.3, -0.25) is 0 Å². The summed E-state index contributed by atoms with van der Waals surface area (Å²) >= 11 is 0. The molecule has 178 valence electrons. The van der Waals surface area contributed by atoms with Gasteiger partial charge in [0.2, 0.25) is 0 Å². The van der Waals surface area contributed by atoms with E-state index in [-0.39, 0.29) is 16.6 Å². The average molecular weight is 466 g/mol. The normalized spacial score (nSPS) is 30.1. The van der Waals surface area contributed by atoms with E-state index in [0.29, 0.717) is 12.2 Å². The fraction of sp³-hybridized carbons (Fsp3) is 0.708. The van der Waals surface area contributed by atoms with Gasteiger partial charge in [0.25, 0.3) is 0 Å². The molecule has 0 N–H and O–H groups in total. The van der Waals surface area contributed by atoms with Crippen LogP contribution in [0.2, 0.25) is 0 Å². The lowest BCUT2D eigenvalue weighted by atomic mass is 9.53. The molecule has 5 rings (SSSR count). The Bertz CT molecular complexity index is 990. The van der Waals surface area contributed by atoms with Gasteiger partial charge < -0.3 is 18.8 Å². The fourth-order valence-corrected chi connectivity index (χ4v) is 6.43. The molecular formula is C24H35NO6S. The Morgan fingerprint density at radius 1 is 1.19 bits per heavy atom. The minimum atomic E-state index is -3.92. The van der Waals surface area contributed by atoms with Gasteiger partial charge in [0.05, 0.1) is 35.9 Å². The Morgan fingerprint density at radius 3 is 2.50 bits per heavy atom. The van der Waals surface area contributed by atoms with E-state index in [2.05, 4.69) is 42.8 Å². The van der Waals surface area contributed by atoms with Crippen molar-refractivity contribution in [2.24, 2.45) is 11.3 Å². The van der Waals surface area contributed by atoms with E-state index >= 15 is 0 Å². The summed E-state index contributed by atoms with van der Waals surface area (Å²) < 4.78 is 47.9. The SMILES string of the molecule is COc1ccc2c(c1)C13CC[N+](CC(C)C)=CC1(CCC1(C3)OCCO1)C2.CS(=O)(=O)[O-]. The van der Waals surface area contributed by atoms with E-state index in [1.54, 1.807) is 7.11 Å². The molecule has 0 aromatic heterocycles. The van der Waals surface area contributed by atoms with Crippen molar-refractivity contribution in [1.82, 2.24) is 0 Å². The monoisotopic (exact) mass is 465 g/mol. The van der Waals surface area contributed by atoms with Crippen LogP contribution in [0.25, 0.3) is 0 Å². The number of nitrogens with zero attached hydrogens (tertiary/aromatic N) is 1. The van der Waals surface area contributed by atoms with Gasteiger partial charge in [0.1, 0.15) is 25.1 Å². The zero-order chi connectivity index (χ0) is 23.2. The third-order valence-corrected chi connectivity index (χ3v) is 7.48. The topological polar surface area (TPSA) is 87.9 Å². The number of benzene rings is 1. The summed E-state index contributed by atoms with van der Waals surface area (Å²) in [6.45, 7) is 8.37. The van der Waals surface area contributed by atoms with Gasteiger partial charge in [0.15, 0.2) is 5.79 Å². The molecule has 1 spiro atoms. The van der Waals surface area contributed by atoms with Crippen LogP contribution in [-0.2, 0) is 31.4 Å². The van der Waals surface area contributed by atoms with Crippen LogP contribution < -0.4 is 4.74 Å². The molecule has 0 bridgehead atoms. The van der Waals surface area contributed by atoms with Crippen LogP contribution in [0, 0.1) is 11.3 Å².